The molecule has 0 aromatic heterocycles. The van der Waals surface area contributed by atoms with Gasteiger partial charge in [-0.15, -0.1) is 0 Å². The molecule has 1 amide bonds. The Kier molecular flexibility index (Phi) is 8.41. The van der Waals surface area contributed by atoms with Crippen LogP contribution in [0.1, 0.15) is 33.6 Å². The fraction of sp³-hybridized carbons (Fsp3) is 0.857. The number of hydrogen-bond donors (Lipinski definition) is 1. The maximum atomic E-state index is 12.4. The molecule has 0 bridgehead atoms. The molecule has 0 saturated heterocycles. The summed E-state index contributed by atoms with van der Waals surface area (Å²) < 4.78 is 10.1. The molecular formula is C14H27NO5. The average molecular weight is 289 g/mol. The molecule has 118 valence electrons. The maximum Gasteiger partial charge on any atom is 0.303 e. The minimum Gasteiger partial charge on any atom is -0.481 e. The van der Waals surface area contributed by atoms with Gasteiger partial charge in [-0.05, 0) is 12.3 Å². The van der Waals surface area contributed by atoms with Crippen LogP contribution in [0.15, 0.2) is 0 Å². The second kappa shape index (κ2) is 8.92. The number of amides is 1. The Hall–Kier alpha value is -1.14. The molecule has 0 radical (unpaired) electrons. The van der Waals surface area contributed by atoms with E-state index in [0.29, 0.717) is 19.8 Å². The summed E-state index contributed by atoms with van der Waals surface area (Å²) in [5.74, 6) is -0.964. The zero-order chi connectivity index (χ0) is 15.8. The second-order valence-electron chi connectivity index (χ2n) is 5.80. The molecule has 20 heavy (non-hydrogen) atoms. The first-order chi connectivity index (χ1) is 9.23. The zero-order valence-electron chi connectivity index (χ0n) is 13.1. The number of aliphatic carboxylic acids is 1. The Bertz CT molecular complexity index is 317. The van der Waals surface area contributed by atoms with E-state index in [9.17, 15) is 9.59 Å². The highest BCUT2D eigenvalue weighted by Crippen LogP contribution is 2.26. The SMILES string of the molecule is COCCN(C(=O)CC(C)(C)CC(=O)O)C(C)COC. The van der Waals surface area contributed by atoms with Crippen molar-refractivity contribution in [2.45, 2.75) is 39.7 Å². The van der Waals surface area contributed by atoms with Crippen molar-refractivity contribution >= 4 is 11.9 Å². The summed E-state index contributed by atoms with van der Waals surface area (Å²) in [6, 6.07) is -0.0664. The van der Waals surface area contributed by atoms with Crippen molar-refractivity contribution in [3.05, 3.63) is 0 Å². The van der Waals surface area contributed by atoms with Crippen LogP contribution in [-0.2, 0) is 19.1 Å². The fourth-order valence-electron chi connectivity index (χ4n) is 2.09. The number of carbonyl (C=O) groups is 2. The van der Waals surface area contributed by atoms with Crippen LogP contribution in [0.25, 0.3) is 0 Å². The average Bonchev–Trinajstić information content (AvgIpc) is 2.27. The summed E-state index contributed by atoms with van der Waals surface area (Å²) >= 11 is 0. The Morgan fingerprint density at radius 1 is 1.20 bits per heavy atom. The lowest BCUT2D eigenvalue weighted by atomic mass is 9.85. The molecule has 0 aliphatic rings. The number of carbonyl (C=O) groups excluding carboxylic acids is 1. The monoisotopic (exact) mass is 289 g/mol. The van der Waals surface area contributed by atoms with E-state index in [1.807, 2.05) is 6.92 Å². The first kappa shape index (κ1) is 18.9. The van der Waals surface area contributed by atoms with Gasteiger partial charge >= 0.3 is 5.97 Å². The lowest BCUT2D eigenvalue weighted by Gasteiger charge is -2.32. The van der Waals surface area contributed by atoms with Gasteiger partial charge in [0.2, 0.25) is 5.91 Å². The van der Waals surface area contributed by atoms with Crippen LogP contribution in [0.4, 0.5) is 0 Å². The Labute approximate surface area is 121 Å². The van der Waals surface area contributed by atoms with Crippen LogP contribution in [0.2, 0.25) is 0 Å². The van der Waals surface area contributed by atoms with Crippen molar-refractivity contribution in [1.82, 2.24) is 4.90 Å². The number of carboxylic acids is 1. The lowest BCUT2D eigenvalue weighted by molar-refractivity contribution is -0.141. The molecule has 6 nitrogen and oxygen atoms in total. The van der Waals surface area contributed by atoms with Gasteiger partial charge < -0.3 is 19.5 Å². The number of methoxy groups -OCH3 is 2. The first-order valence-corrected chi connectivity index (χ1v) is 6.72. The number of rotatable bonds is 10. The van der Waals surface area contributed by atoms with E-state index >= 15 is 0 Å². The Balaban J connectivity index is 4.72. The molecule has 0 aliphatic carbocycles. The summed E-state index contributed by atoms with van der Waals surface area (Å²) in [5, 5.41) is 8.87. The number of nitrogens with zero attached hydrogens (tertiary/aromatic N) is 1. The largest absolute Gasteiger partial charge is 0.481 e. The number of hydrogen-bond acceptors (Lipinski definition) is 4. The standard InChI is InChI=1S/C14H27NO5/c1-11(10-20-5)15(6-7-19-4)12(16)8-14(2,3)9-13(17)18/h11H,6-10H2,1-5H3,(H,17,18). The van der Waals surface area contributed by atoms with Crippen molar-refractivity contribution in [3.63, 3.8) is 0 Å². The molecule has 0 heterocycles. The fourth-order valence-corrected chi connectivity index (χ4v) is 2.09. The van der Waals surface area contributed by atoms with Crippen molar-refractivity contribution < 1.29 is 24.2 Å². The van der Waals surface area contributed by atoms with E-state index in [1.165, 1.54) is 0 Å². The molecule has 0 saturated carbocycles. The van der Waals surface area contributed by atoms with Gasteiger partial charge in [-0.25, -0.2) is 0 Å². The van der Waals surface area contributed by atoms with Gasteiger partial charge in [-0.2, -0.15) is 0 Å². The van der Waals surface area contributed by atoms with Crippen LogP contribution in [0.3, 0.4) is 0 Å². The highest BCUT2D eigenvalue weighted by molar-refractivity contribution is 5.78. The normalized spacial score (nSPS) is 13.1. The molecule has 6 heteroatoms. The number of ether oxygens (including phenoxy) is 2. The van der Waals surface area contributed by atoms with Gasteiger partial charge in [0.25, 0.3) is 0 Å². The van der Waals surface area contributed by atoms with E-state index < -0.39 is 11.4 Å². The van der Waals surface area contributed by atoms with E-state index in [-0.39, 0.29) is 24.8 Å². The third-order valence-corrected chi connectivity index (χ3v) is 3.06. The summed E-state index contributed by atoms with van der Waals surface area (Å²) in [6.07, 6.45) is 0.159. The smallest absolute Gasteiger partial charge is 0.303 e. The summed E-state index contributed by atoms with van der Waals surface area (Å²) in [6.45, 7) is 6.83. The van der Waals surface area contributed by atoms with Gasteiger partial charge in [-0.3, -0.25) is 9.59 Å². The van der Waals surface area contributed by atoms with E-state index in [4.69, 9.17) is 14.6 Å². The van der Waals surface area contributed by atoms with Crippen LogP contribution in [0, 0.1) is 5.41 Å². The summed E-state index contributed by atoms with van der Waals surface area (Å²) in [7, 11) is 3.17. The van der Waals surface area contributed by atoms with Crippen molar-refractivity contribution in [2.75, 3.05) is 34.0 Å². The predicted molar refractivity (Wildman–Crippen MR) is 75.6 cm³/mol. The topological polar surface area (TPSA) is 76.1 Å². The molecule has 1 N–H and O–H groups in total. The molecule has 1 atom stereocenters. The first-order valence-electron chi connectivity index (χ1n) is 6.72. The van der Waals surface area contributed by atoms with Crippen LogP contribution >= 0.6 is 0 Å². The lowest BCUT2D eigenvalue weighted by Crippen LogP contribution is -2.44. The van der Waals surface area contributed by atoms with Gasteiger partial charge in [0.15, 0.2) is 0 Å². The van der Waals surface area contributed by atoms with Crippen molar-refractivity contribution in [2.24, 2.45) is 5.41 Å². The minimum absolute atomic E-state index is 0.0322. The second-order valence-corrected chi connectivity index (χ2v) is 5.80. The Morgan fingerprint density at radius 3 is 2.25 bits per heavy atom. The molecule has 0 spiro atoms. The quantitative estimate of drug-likeness (QED) is 0.657. The maximum absolute atomic E-state index is 12.4. The van der Waals surface area contributed by atoms with Crippen LogP contribution < -0.4 is 0 Å². The van der Waals surface area contributed by atoms with Crippen LogP contribution in [-0.4, -0.2) is 61.9 Å². The number of carboxylic acid groups (broad SMARTS) is 1. The van der Waals surface area contributed by atoms with Gasteiger partial charge in [0.05, 0.1) is 25.7 Å². The Morgan fingerprint density at radius 2 is 1.80 bits per heavy atom. The van der Waals surface area contributed by atoms with E-state index in [2.05, 4.69) is 0 Å². The minimum atomic E-state index is -0.892. The third kappa shape index (κ3) is 7.45. The third-order valence-electron chi connectivity index (χ3n) is 3.06. The van der Waals surface area contributed by atoms with Crippen LogP contribution in [0.5, 0.6) is 0 Å². The van der Waals surface area contributed by atoms with Gasteiger partial charge in [0.1, 0.15) is 0 Å². The van der Waals surface area contributed by atoms with Crippen molar-refractivity contribution in [3.8, 4) is 0 Å². The summed E-state index contributed by atoms with van der Waals surface area (Å²) in [5.41, 5.74) is -0.568. The molecule has 0 aromatic carbocycles. The zero-order valence-corrected chi connectivity index (χ0v) is 13.1. The molecular weight excluding hydrogens is 262 g/mol. The molecule has 0 aliphatic heterocycles. The van der Waals surface area contributed by atoms with Crippen molar-refractivity contribution in [1.29, 1.82) is 0 Å². The van der Waals surface area contributed by atoms with E-state index in [1.54, 1.807) is 33.0 Å². The summed E-state index contributed by atoms with van der Waals surface area (Å²) in [4.78, 5) is 24.9. The van der Waals surface area contributed by atoms with E-state index in [0.717, 1.165) is 0 Å². The highest BCUT2D eigenvalue weighted by atomic mass is 16.5. The molecule has 0 fully saturated rings. The predicted octanol–water partition coefficient (Wildman–Crippen LogP) is 1.39. The molecule has 1 unspecified atom stereocenters. The molecule has 0 rings (SSSR count). The van der Waals surface area contributed by atoms with Gasteiger partial charge in [-0.1, -0.05) is 13.8 Å². The highest BCUT2D eigenvalue weighted by Gasteiger charge is 2.29. The van der Waals surface area contributed by atoms with Gasteiger partial charge in [0, 0.05) is 27.2 Å². The molecule has 0 aromatic rings.